The van der Waals surface area contributed by atoms with E-state index in [1.54, 1.807) is 6.92 Å². The van der Waals surface area contributed by atoms with Crippen LogP contribution in [0.2, 0.25) is 0 Å². The predicted molar refractivity (Wildman–Crippen MR) is 130 cm³/mol. The van der Waals surface area contributed by atoms with Gasteiger partial charge in [-0.3, -0.25) is 9.59 Å². The maximum Gasteiger partial charge on any atom is 0.407 e. The molecule has 0 aromatic heterocycles. The molecule has 4 atom stereocenters. The van der Waals surface area contributed by atoms with Crippen molar-refractivity contribution in [1.82, 2.24) is 16.0 Å². The number of carboxylic acids is 2. The van der Waals surface area contributed by atoms with Gasteiger partial charge in [0.25, 0.3) is 5.97 Å². The van der Waals surface area contributed by atoms with Gasteiger partial charge in [-0.1, -0.05) is 25.7 Å². The SMILES string of the molecule is CCOC(=O)NCC(CNC(=O)OC)OC(=O)NCC(=O)[N-]C(CC(=O)O)C(=O)O.[NH-]C1CCCCC1[NH-].[Pt]. The third-order valence-electron chi connectivity index (χ3n) is 4.79. The number of rotatable bonds is 12. The summed E-state index contributed by atoms with van der Waals surface area (Å²) in [6, 6.07) is -1.97. The Kier molecular flexibility index (Phi) is 21.2. The van der Waals surface area contributed by atoms with E-state index in [0.29, 0.717) is 0 Å². The van der Waals surface area contributed by atoms with E-state index in [2.05, 4.69) is 25.4 Å². The quantitative estimate of drug-likeness (QED) is 0.178. The number of hydrogen-bond acceptors (Lipinski definition) is 9. The minimum Gasteiger partial charge on any atom is -0.676 e. The van der Waals surface area contributed by atoms with Crippen LogP contribution in [0.3, 0.4) is 0 Å². The fraction of sp³-hybridized carbons (Fsp3) is 0.714. The second-order valence-electron chi connectivity index (χ2n) is 7.83. The zero-order chi connectivity index (χ0) is 29.1. The number of carbonyl (C=O) groups excluding carboxylic acids is 4. The first kappa shape index (κ1) is 38.0. The average molecular weight is 743 g/mol. The first-order chi connectivity index (χ1) is 17.9. The third kappa shape index (κ3) is 19.5. The van der Waals surface area contributed by atoms with Gasteiger partial charge in [-0.05, 0) is 13.0 Å². The van der Waals surface area contributed by atoms with Crippen LogP contribution in [0.1, 0.15) is 39.0 Å². The van der Waals surface area contributed by atoms with Crippen molar-refractivity contribution in [2.75, 3.05) is 33.4 Å². The van der Waals surface area contributed by atoms with Gasteiger partial charge in [0.15, 0.2) is 0 Å². The normalized spacial score (nSPS) is 17.2. The molecule has 1 aliphatic carbocycles. The molecule has 0 heterocycles. The van der Waals surface area contributed by atoms with E-state index in [1.807, 2.05) is 5.32 Å². The molecule has 4 amide bonds. The fourth-order valence-electron chi connectivity index (χ4n) is 2.85. The van der Waals surface area contributed by atoms with Crippen LogP contribution < -0.4 is 16.0 Å². The first-order valence-corrected chi connectivity index (χ1v) is 11.7. The van der Waals surface area contributed by atoms with Crippen LogP contribution in [0, 0.1) is 0 Å². The van der Waals surface area contributed by atoms with E-state index in [4.69, 9.17) is 26.4 Å². The number of alkyl carbamates (subject to hydrolysis) is 3. The summed E-state index contributed by atoms with van der Waals surface area (Å²) in [5, 5.41) is 27.1. The summed E-state index contributed by atoms with van der Waals surface area (Å²) in [6.07, 6.45) is -0.517. The zero-order valence-electron chi connectivity index (χ0n) is 21.5. The van der Waals surface area contributed by atoms with Gasteiger partial charge in [-0.15, -0.1) is 0 Å². The first-order valence-electron chi connectivity index (χ1n) is 11.7. The number of nitrogens with zero attached hydrogens (tertiary/aromatic N) is 1. The number of carboxylic acid groups (broad SMARTS) is 2. The summed E-state index contributed by atoms with van der Waals surface area (Å²) >= 11 is 0. The molecular weight excluding hydrogens is 707 g/mol. The Hall–Kier alpha value is -3.17. The molecule has 0 aromatic carbocycles. The number of nitrogens with one attached hydrogen (secondary N) is 5. The summed E-state index contributed by atoms with van der Waals surface area (Å²) in [5.74, 6) is -4.19. The van der Waals surface area contributed by atoms with Crippen LogP contribution in [0.25, 0.3) is 16.8 Å². The maximum atomic E-state index is 11.8. The minimum absolute atomic E-state index is 0. The van der Waals surface area contributed by atoms with Crippen LogP contribution in [0.4, 0.5) is 14.4 Å². The van der Waals surface area contributed by atoms with Crippen molar-refractivity contribution in [3.8, 4) is 0 Å². The van der Waals surface area contributed by atoms with Crippen molar-refractivity contribution in [3.05, 3.63) is 16.8 Å². The molecule has 1 aliphatic rings. The second kappa shape index (κ2) is 21.7. The minimum atomic E-state index is -1.81. The van der Waals surface area contributed by atoms with Gasteiger partial charge in [0.2, 0.25) is 0 Å². The molecule has 0 radical (unpaired) electrons. The molecule has 1 saturated carbocycles. The van der Waals surface area contributed by atoms with Gasteiger partial charge in [0.05, 0.1) is 39.3 Å². The molecule has 1 rings (SSSR count). The molecule has 0 saturated heterocycles. The van der Waals surface area contributed by atoms with E-state index < -0.39 is 61.2 Å². The van der Waals surface area contributed by atoms with Gasteiger partial charge in [-0.25, -0.2) is 14.4 Å². The summed E-state index contributed by atoms with van der Waals surface area (Å²) < 4.78 is 14.0. The zero-order valence-corrected chi connectivity index (χ0v) is 23.8. The Balaban J connectivity index is 0. The number of methoxy groups -OCH3 is 1. The van der Waals surface area contributed by atoms with E-state index in [-0.39, 0.29) is 52.8 Å². The van der Waals surface area contributed by atoms with Gasteiger partial charge < -0.3 is 62.0 Å². The van der Waals surface area contributed by atoms with Crippen LogP contribution in [-0.4, -0.2) is 104 Å². The molecule has 18 heteroatoms. The van der Waals surface area contributed by atoms with E-state index in [0.717, 1.165) is 20.0 Å². The Labute approximate surface area is 239 Å². The molecule has 7 N–H and O–H groups in total. The molecule has 228 valence electrons. The maximum absolute atomic E-state index is 11.8. The number of amides is 4. The largest absolute Gasteiger partial charge is 0.676 e. The Morgan fingerprint density at radius 3 is 1.90 bits per heavy atom. The predicted octanol–water partition coefficient (Wildman–Crippen LogP) is 1.41. The topological polar surface area (TPSA) is 268 Å². The summed E-state index contributed by atoms with van der Waals surface area (Å²) in [4.78, 5) is 67.3. The van der Waals surface area contributed by atoms with E-state index in [9.17, 15) is 28.8 Å². The van der Waals surface area contributed by atoms with E-state index in [1.165, 1.54) is 12.8 Å². The second-order valence-corrected chi connectivity index (χ2v) is 7.83. The molecule has 1 fully saturated rings. The monoisotopic (exact) mass is 742 g/mol. The molecule has 17 nitrogen and oxygen atoms in total. The Bertz CT molecular complexity index is 794. The van der Waals surface area contributed by atoms with Crippen molar-refractivity contribution in [3.63, 3.8) is 0 Å². The smallest absolute Gasteiger partial charge is 0.407 e. The van der Waals surface area contributed by atoms with Crippen LogP contribution in [0.15, 0.2) is 0 Å². The van der Waals surface area contributed by atoms with Gasteiger partial charge in [0.1, 0.15) is 6.10 Å². The number of aliphatic carboxylic acids is 2. The Morgan fingerprint density at radius 2 is 1.46 bits per heavy atom. The molecule has 4 unspecified atom stereocenters. The molecule has 39 heavy (non-hydrogen) atoms. The summed E-state index contributed by atoms with van der Waals surface area (Å²) in [5.41, 5.74) is 14.6. The van der Waals surface area contributed by atoms with Gasteiger partial charge in [-0.2, -0.15) is 12.1 Å². The van der Waals surface area contributed by atoms with Crippen LogP contribution >= 0.6 is 0 Å². The molecular formula is C21H35N6O11Pt-3. The fourth-order valence-corrected chi connectivity index (χ4v) is 2.85. The van der Waals surface area contributed by atoms with Crippen molar-refractivity contribution in [1.29, 1.82) is 0 Å². The third-order valence-corrected chi connectivity index (χ3v) is 4.79. The van der Waals surface area contributed by atoms with Crippen LogP contribution in [0.5, 0.6) is 0 Å². The molecule has 0 spiro atoms. The van der Waals surface area contributed by atoms with Crippen molar-refractivity contribution >= 4 is 36.1 Å². The summed E-state index contributed by atoms with van der Waals surface area (Å²) in [6.45, 7) is 0.389. The number of carbonyl (C=O) groups is 6. The number of ether oxygens (including phenoxy) is 3. The van der Waals surface area contributed by atoms with Crippen LogP contribution in [-0.2, 0) is 49.7 Å². The standard InChI is InChI=1S/C15H24N4O11.C6H12N2.Pt/c1-3-29-14(26)17-6-8(5-16-13(25)28-2)30-15(27)18-7-10(20)19-9(12(23)24)4-11(21)22;7-5-3-1-2-4-6(5)8;/h8-9H,3-7H2,1-2H3,(H6,16,17,18,19,20,21,22,23,24,25,26,27);5-8H,1-4H2;/q;-2;/p-1. The average Bonchev–Trinajstić information content (AvgIpc) is 2.85. The molecule has 0 aliphatic heterocycles. The van der Waals surface area contributed by atoms with E-state index >= 15 is 0 Å². The van der Waals surface area contributed by atoms with Crippen molar-refractivity contribution < 1.29 is 74.3 Å². The van der Waals surface area contributed by atoms with Gasteiger partial charge in [0, 0.05) is 27.5 Å². The van der Waals surface area contributed by atoms with Crippen molar-refractivity contribution in [2.24, 2.45) is 0 Å². The molecule has 0 bridgehead atoms. The van der Waals surface area contributed by atoms with Crippen molar-refractivity contribution in [2.45, 2.75) is 63.3 Å². The Morgan fingerprint density at radius 1 is 0.923 bits per heavy atom. The number of hydrogen-bond donors (Lipinski definition) is 5. The molecule has 0 aromatic rings. The summed E-state index contributed by atoms with van der Waals surface area (Å²) in [7, 11) is 1.11. The van der Waals surface area contributed by atoms with Gasteiger partial charge >= 0.3 is 24.2 Å².